The van der Waals surface area contributed by atoms with Gasteiger partial charge in [0.25, 0.3) is 0 Å². The average Bonchev–Trinajstić information content (AvgIpc) is 3.27. The van der Waals surface area contributed by atoms with Crippen molar-refractivity contribution in [1.29, 1.82) is 0 Å². The number of nitrogens with one attached hydrogen (secondary N) is 2. The molecule has 1 heterocycles. The predicted octanol–water partition coefficient (Wildman–Crippen LogP) is 4.22. The van der Waals surface area contributed by atoms with Crippen molar-refractivity contribution in [2.45, 2.75) is 29.9 Å². The van der Waals surface area contributed by atoms with Gasteiger partial charge in [-0.05, 0) is 31.0 Å². The van der Waals surface area contributed by atoms with E-state index in [1.807, 2.05) is 0 Å². The Balaban J connectivity index is 1.75. The van der Waals surface area contributed by atoms with E-state index >= 15 is 0 Å². The van der Waals surface area contributed by atoms with E-state index in [1.54, 1.807) is 18.2 Å². The monoisotopic (exact) mass is 427 g/mol. The number of anilines is 2. The maximum atomic E-state index is 12.8. The number of hydrogen-bond acceptors (Lipinski definition) is 6. The Morgan fingerprint density at radius 1 is 1.22 bits per heavy atom. The molecule has 0 spiro atoms. The third kappa shape index (κ3) is 4.85. The standard InChI is InChI=1S/C17H18ClN3O4S2/c1-27(24,25)14-9-19-17(26-14)21-16(23)20-13-7-6-11(18)8-12(13)15(22)10-4-2-3-5-10/h6-10H,2-5H2,1H3,(H2,19,20,21,23). The van der Waals surface area contributed by atoms with Gasteiger partial charge in [0.2, 0.25) is 0 Å². The Labute approximate surface area is 166 Å². The topological polar surface area (TPSA) is 105 Å². The van der Waals surface area contributed by atoms with E-state index in [-0.39, 0.29) is 21.0 Å². The van der Waals surface area contributed by atoms with E-state index < -0.39 is 15.9 Å². The number of halogens is 1. The van der Waals surface area contributed by atoms with Crippen molar-refractivity contribution in [3.05, 3.63) is 35.0 Å². The molecular formula is C17H18ClN3O4S2. The van der Waals surface area contributed by atoms with Gasteiger partial charge < -0.3 is 5.32 Å². The van der Waals surface area contributed by atoms with E-state index in [0.717, 1.165) is 43.3 Å². The fourth-order valence-corrected chi connectivity index (χ4v) is 4.78. The van der Waals surface area contributed by atoms with Crippen molar-refractivity contribution in [3.8, 4) is 0 Å². The third-order valence-corrected chi connectivity index (χ3v) is 7.23. The first-order valence-corrected chi connectivity index (χ1v) is 11.4. The van der Waals surface area contributed by atoms with Crippen molar-refractivity contribution in [2.24, 2.45) is 5.92 Å². The van der Waals surface area contributed by atoms with Crippen LogP contribution in [0.5, 0.6) is 0 Å². The second kappa shape index (κ2) is 7.95. The van der Waals surface area contributed by atoms with Crippen LogP contribution in [-0.4, -0.2) is 31.5 Å². The first kappa shape index (κ1) is 19.8. The number of nitrogens with zero attached hydrogens (tertiary/aromatic N) is 1. The molecule has 27 heavy (non-hydrogen) atoms. The summed E-state index contributed by atoms with van der Waals surface area (Å²) in [5.74, 6) is -0.0812. The van der Waals surface area contributed by atoms with Crippen molar-refractivity contribution < 1.29 is 18.0 Å². The van der Waals surface area contributed by atoms with Crippen molar-refractivity contribution in [2.75, 3.05) is 16.9 Å². The fourth-order valence-electron chi connectivity index (χ4n) is 2.98. The zero-order valence-corrected chi connectivity index (χ0v) is 16.9. The summed E-state index contributed by atoms with van der Waals surface area (Å²) in [6.07, 6.45) is 5.97. The van der Waals surface area contributed by atoms with Gasteiger partial charge in [-0.2, -0.15) is 0 Å². The van der Waals surface area contributed by atoms with Gasteiger partial charge in [0.15, 0.2) is 20.8 Å². The number of carbonyl (C=O) groups excluding carboxylic acids is 2. The van der Waals surface area contributed by atoms with Gasteiger partial charge in [-0.3, -0.25) is 10.1 Å². The zero-order chi connectivity index (χ0) is 19.6. The lowest BCUT2D eigenvalue weighted by atomic mass is 9.95. The van der Waals surface area contributed by atoms with Gasteiger partial charge in [0.1, 0.15) is 4.21 Å². The van der Waals surface area contributed by atoms with E-state index in [2.05, 4.69) is 15.6 Å². The molecule has 0 bridgehead atoms. The van der Waals surface area contributed by atoms with Gasteiger partial charge >= 0.3 is 6.03 Å². The summed E-state index contributed by atoms with van der Waals surface area (Å²) in [4.78, 5) is 28.9. The molecule has 1 aromatic heterocycles. The number of benzene rings is 1. The molecule has 0 radical (unpaired) electrons. The third-order valence-electron chi connectivity index (χ3n) is 4.29. The average molecular weight is 428 g/mol. The summed E-state index contributed by atoms with van der Waals surface area (Å²) in [6.45, 7) is 0. The Hall–Kier alpha value is -1.97. The quantitative estimate of drug-likeness (QED) is 0.695. The molecule has 1 fully saturated rings. The van der Waals surface area contributed by atoms with Crippen LogP contribution in [0.3, 0.4) is 0 Å². The lowest BCUT2D eigenvalue weighted by Gasteiger charge is -2.14. The highest BCUT2D eigenvalue weighted by molar-refractivity contribution is 7.92. The van der Waals surface area contributed by atoms with Crippen LogP contribution in [0.2, 0.25) is 5.02 Å². The molecule has 0 aliphatic heterocycles. The second-order valence-electron chi connectivity index (χ2n) is 6.37. The highest BCUT2D eigenvalue weighted by Crippen LogP contribution is 2.32. The number of amides is 2. The van der Waals surface area contributed by atoms with Crippen LogP contribution in [0.25, 0.3) is 0 Å². The molecule has 2 amide bonds. The van der Waals surface area contributed by atoms with E-state index in [1.165, 1.54) is 6.20 Å². The van der Waals surface area contributed by atoms with Crippen LogP contribution in [-0.2, 0) is 9.84 Å². The molecule has 1 aliphatic carbocycles. The number of hydrogen-bond donors (Lipinski definition) is 2. The van der Waals surface area contributed by atoms with Crippen LogP contribution in [0.4, 0.5) is 15.6 Å². The minimum Gasteiger partial charge on any atom is -0.307 e. The van der Waals surface area contributed by atoms with E-state index in [0.29, 0.717) is 16.3 Å². The summed E-state index contributed by atoms with van der Waals surface area (Å²) in [6, 6.07) is 4.11. The summed E-state index contributed by atoms with van der Waals surface area (Å²) >= 11 is 6.89. The van der Waals surface area contributed by atoms with Gasteiger partial charge in [0, 0.05) is 22.8 Å². The maximum absolute atomic E-state index is 12.8. The molecule has 1 aliphatic rings. The van der Waals surface area contributed by atoms with Crippen LogP contribution in [0.15, 0.2) is 28.6 Å². The smallest absolute Gasteiger partial charge is 0.307 e. The summed E-state index contributed by atoms with van der Waals surface area (Å²) in [5.41, 5.74) is 0.731. The molecule has 0 unspecified atom stereocenters. The van der Waals surface area contributed by atoms with Crippen LogP contribution >= 0.6 is 22.9 Å². The molecule has 10 heteroatoms. The Morgan fingerprint density at radius 3 is 2.56 bits per heavy atom. The molecule has 7 nitrogen and oxygen atoms in total. The van der Waals surface area contributed by atoms with Crippen LogP contribution in [0.1, 0.15) is 36.0 Å². The Kier molecular flexibility index (Phi) is 5.83. The number of ketones is 1. The van der Waals surface area contributed by atoms with Crippen LogP contribution in [0, 0.1) is 5.92 Å². The van der Waals surface area contributed by atoms with E-state index in [4.69, 9.17) is 11.6 Å². The largest absolute Gasteiger partial charge is 0.325 e. The van der Waals surface area contributed by atoms with Crippen LogP contribution < -0.4 is 10.6 Å². The molecule has 2 aromatic rings. The van der Waals surface area contributed by atoms with Gasteiger partial charge in [-0.15, -0.1) is 0 Å². The number of Topliss-reactive ketones (excluding diaryl/α,β-unsaturated/α-hetero) is 1. The maximum Gasteiger partial charge on any atom is 0.325 e. The number of urea groups is 1. The number of thiazole rings is 1. The number of rotatable bonds is 5. The number of sulfone groups is 1. The normalized spacial score (nSPS) is 14.9. The van der Waals surface area contributed by atoms with Gasteiger partial charge in [-0.1, -0.05) is 35.8 Å². The minimum absolute atomic E-state index is 0.0288. The van der Waals surface area contributed by atoms with E-state index in [9.17, 15) is 18.0 Å². The lowest BCUT2D eigenvalue weighted by Crippen LogP contribution is -2.22. The van der Waals surface area contributed by atoms with Gasteiger partial charge in [0.05, 0.1) is 11.9 Å². The SMILES string of the molecule is CS(=O)(=O)c1cnc(NC(=O)Nc2ccc(Cl)cc2C(=O)C2CCCC2)s1. The highest BCUT2D eigenvalue weighted by atomic mass is 35.5. The Bertz CT molecular complexity index is 982. The molecule has 2 N–H and O–H groups in total. The molecule has 144 valence electrons. The van der Waals surface area contributed by atoms with Crippen molar-refractivity contribution >= 4 is 55.4 Å². The first-order chi connectivity index (χ1) is 12.7. The fraction of sp³-hybridized carbons (Fsp3) is 0.353. The second-order valence-corrected chi connectivity index (χ2v) is 10.1. The minimum atomic E-state index is -3.38. The lowest BCUT2D eigenvalue weighted by molar-refractivity contribution is 0.0923. The number of aromatic nitrogens is 1. The molecule has 0 atom stereocenters. The highest BCUT2D eigenvalue weighted by Gasteiger charge is 2.26. The summed E-state index contributed by atoms with van der Waals surface area (Å²) in [7, 11) is -3.38. The predicted molar refractivity (Wildman–Crippen MR) is 106 cm³/mol. The Morgan fingerprint density at radius 2 is 1.93 bits per heavy atom. The van der Waals surface area contributed by atoms with Gasteiger partial charge in [-0.25, -0.2) is 18.2 Å². The first-order valence-electron chi connectivity index (χ1n) is 8.31. The van der Waals surface area contributed by atoms with Crippen molar-refractivity contribution in [1.82, 2.24) is 4.98 Å². The zero-order valence-electron chi connectivity index (χ0n) is 14.5. The molecule has 1 saturated carbocycles. The molecule has 0 saturated heterocycles. The molecule has 3 rings (SSSR count). The molecular weight excluding hydrogens is 410 g/mol. The summed E-state index contributed by atoms with van der Waals surface area (Å²) in [5, 5.41) is 5.67. The summed E-state index contributed by atoms with van der Waals surface area (Å²) < 4.78 is 23.0. The van der Waals surface area contributed by atoms with Crippen molar-refractivity contribution in [3.63, 3.8) is 0 Å². The number of carbonyl (C=O) groups is 2. The molecule has 1 aromatic carbocycles.